The van der Waals surface area contributed by atoms with E-state index >= 15 is 0 Å². The Hall–Kier alpha value is -0.610. The van der Waals surface area contributed by atoms with Crippen LogP contribution in [-0.4, -0.2) is 23.3 Å². The molecule has 0 amide bonds. The summed E-state index contributed by atoms with van der Waals surface area (Å²) in [7, 11) is 1.72. The lowest BCUT2D eigenvalue weighted by Crippen LogP contribution is -2.18. The zero-order valence-corrected chi connectivity index (χ0v) is 10.8. The molecule has 86 valence electrons. The van der Waals surface area contributed by atoms with Gasteiger partial charge in [0.1, 0.15) is 0 Å². The molecule has 1 heterocycles. The lowest BCUT2D eigenvalue weighted by Gasteiger charge is -2.20. The van der Waals surface area contributed by atoms with Crippen molar-refractivity contribution in [1.82, 2.24) is 9.55 Å². The van der Waals surface area contributed by atoms with Crippen LogP contribution in [0.3, 0.4) is 0 Å². The number of methoxy groups -OCH3 is 1. The number of imidazole rings is 1. The Labute approximate surface area is 96.5 Å². The maximum Gasteiger partial charge on any atom is 0.177 e. The summed E-state index contributed by atoms with van der Waals surface area (Å²) in [5, 5.41) is 0. The van der Waals surface area contributed by atoms with Gasteiger partial charge in [-0.05, 0) is 18.6 Å². The normalized spacial score (nSPS) is 12.0. The maximum atomic E-state index is 5.26. The second-order valence-electron chi connectivity index (χ2n) is 4.73. The first-order valence-corrected chi connectivity index (χ1v) is 5.65. The first-order valence-electron chi connectivity index (χ1n) is 5.24. The average molecular weight is 228 g/mol. The fourth-order valence-corrected chi connectivity index (χ4v) is 1.85. The van der Waals surface area contributed by atoms with Crippen molar-refractivity contribution in [2.75, 3.05) is 13.7 Å². The maximum absolute atomic E-state index is 5.26. The molecule has 0 aliphatic carbocycles. The Morgan fingerprint density at radius 1 is 1.47 bits per heavy atom. The predicted octanol–water partition coefficient (Wildman–Crippen LogP) is 2.88. The lowest BCUT2D eigenvalue weighted by atomic mass is 9.92. The van der Waals surface area contributed by atoms with Crippen molar-refractivity contribution in [1.29, 1.82) is 0 Å². The van der Waals surface area contributed by atoms with E-state index in [1.807, 2.05) is 6.20 Å². The molecule has 0 unspecified atom stereocenters. The van der Waals surface area contributed by atoms with Crippen LogP contribution >= 0.6 is 12.2 Å². The third kappa shape index (κ3) is 3.18. The van der Waals surface area contributed by atoms with Gasteiger partial charge in [0.05, 0.1) is 0 Å². The standard InChI is InChI=1S/C11H20N2OS/c1-11(2,3)9-8-12-10(15)13(9)6-5-7-14-4/h8H,5-7H2,1-4H3,(H,12,15). The van der Waals surface area contributed by atoms with E-state index in [4.69, 9.17) is 17.0 Å². The van der Waals surface area contributed by atoms with Gasteiger partial charge in [0.2, 0.25) is 0 Å². The van der Waals surface area contributed by atoms with Crippen LogP contribution in [0.1, 0.15) is 32.9 Å². The van der Waals surface area contributed by atoms with Gasteiger partial charge in [-0.15, -0.1) is 0 Å². The van der Waals surface area contributed by atoms with Gasteiger partial charge in [-0.25, -0.2) is 0 Å². The van der Waals surface area contributed by atoms with E-state index in [0.717, 1.165) is 24.3 Å². The van der Waals surface area contributed by atoms with Crippen molar-refractivity contribution in [3.8, 4) is 0 Å². The van der Waals surface area contributed by atoms with Crippen molar-refractivity contribution in [2.24, 2.45) is 0 Å². The quantitative estimate of drug-likeness (QED) is 0.634. The molecule has 0 fully saturated rings. The summed E-state index contributed by atoms with van der Waals surface area (Å²) in [5.41, 5.74) is 1.38. The van der Waals surface area contributed by atoms with E-state index in [0.29, 0.717) is 0 Å². The molecule has 0 bridgehead atoms. The van der Waals surface area contributed by atoms with Crippen LogP contribution in [-0.2, 0) is 16.7 Å². The number of nitrogens with zero attached hydrogens (tertiary/aromatic N) is 1. The van der Waals surface area contributed by atoms with Gasteiger partial charge in [-0.2, -0.15) is 0 Å². The Kier molecular flexibility index (Phi) is 4.11. The molecule has 1 aromatic rings. The second-order valence-corrected chi connectivity index (χ2v) is 5.11. The van der Waals surface area contributed by atoms with E-state index in [9.17, 15) is 0 Å². The molecule has 0 saturated heterocycles. The summed E-state index contributed by atoms with van der Waals surface area (Å²) in [6.07, 6.45) is 3.00. The van der Waals surface area contributed by atoms with Gasteiger partial charge < -0.3 is 14.3 Å². The number of aromatic nitrogens is 2. The SMILES string of the molecule is COCCCn1c(C(C)(C)C)c[nH]c1=S. The third-order valence-electron chi connectivity index (χ3n) is 2.37. The molecular weight excluding hydrogens is 208 g/mol. The summed E-state index contributed by atoms with van der Waals surface area (Å²) >= 11 is 5.26. The van der Waals surface area contributed by atoms with Crippen LogP contribution in [0.4, 0.5) is 0 Å². The van der Waals surface area contributed by atoms with Gasteiger partial charge in [-0.3, -0.25) is 0 Å². The van der Waals surface area contributed by atoms with E-state index in [1.165, 1.54) is 5.69 Å². The summed E-state index contributed by atoms with van der Waals surface area (Å²) in [6.45, 7) is 8.27. The minimum absolute atomic E-state index is 0.126. The molecule has 1 N–H and O–H groups in total. The molecule has 1 rings (SSSR count). The zero-order valence-electron chi connectivity index (χ0n) is 9.96. The van der Waals surface area contributed by atoms with Crippen molar-refractivity contribution in [3.05, 3.63) is 16.7 Å². The summed E-state index contributed by atoms with van der Waals surface area (Å²) < 4.78 is 8.01. The van der Waals surface area contributed by atoms with Crippen molar-refractivity contribution in [2.45, 2.75) is 39.2 Å². The first kappa shape index (κ1) is 12.5. The molecule has 3 nitrogen and oxygen atoms in total. The van der Waals surface area contributed by atoms with E-state index in [1.54, 1.807) is 7.11 Å². The molecule has 0 radical (unpaired) electrons. The molecule has 1 aromatic heterocycles. The van der Waals surface area contributed by atoms with Crippen molar-refractivity contribution < 1.29 is 4.74 Å². The Morgan fingerprint density at radius 2 is 2.13 bits per heavy atom. The lowest BCUT2D eigenvalue weighted by molar-refractivity contribution is 0.189. The van der Waals surface area contributed by atoms with E-state index in [-0.39, 0.29) is 5.41 Å². The molecule has 15 heavy (non-hydrogen) atoms. The fourth-order valence-electron chi connectivity index (χ4n) is 1.61. The van der Waals surface area contributed by atoms with Gasteiger partial charge in [0.15, 0.2) is 4.77 Å². The summed E-state index contributed by atoms with van der Waals surface area (Å²) in [4.78, 5) is 3.11. The molecule has 0 atom stereocenters. The van der Waals surface area contributed by atoms with Crippen LogP contribution in [0.25, 0.3) is 0 Å². The highest BCUT2D eigenvalue weighted by atomic mass is 32.1. The van der Waals surface area contributed by atoms with E-state index in [2.05, 4.69) is 30.3 Å². The van der Waals surface area contributed by atoms with Gasteiger partial charge in [0, 0.05) is 37.6 Å². The predicted molar refractivity (Wildman–Crippen MR) is 64.8 cm³/mol. The fraction of sp³-hybridized carbons (Fsp3) is 0.727. The topological polar surface area (TPSA) is 29.9 Å². The number of ether oxygens (including phenoxy) is 1. The Bertz CT molecular complexity index is 359. The average Bonchev–Trinajstić information content (AvgIpc) is 2.48. The monoisotopic (exact) mass is 228 g/mol. The second kappa shape index (κ2) is 4.94. The number of hydrogen-bond acceptors (Lipinski definition) is 2. The Balaban J connectivity index is 2.85. The molecule has 0 spiro atoms. The minimum Gasteiger partial charge on any atom is -0.385 e. The van der Waals surface area contributed by atoms with Crippen LogP contribution in [0.2, 0.25) is 0 Å². The molecule has 0 aromatic carbocycles. The number of H-pyrrole nitrogens is 1. The number of rotatable bonds is 4. The first-order chi connectivity index (χ1) is 6.96. The van der Waals surface area contributed by atoms with Crippen LogP contribution in [0, 0.1) is 4.77 Å². The van der Waals surface area contributed by atoms with E-state index < -0.39 is 0 Å². The third-order valence-corrected chi connectivity index (χ3v) is 2.71. The molecule has 0 saturated carbocycles. The molecular formula is C11H20N2OS. The van der Waals surface area contributed by atoms with Crippen molar-refractivity contribution >= 4 is 12.2 Å². The van der Waals surface area contributed by atoms with Gasteiger partial charge in [-0.1, -0.05) is 20.8 Å². The van der Waals surface area contributed by atoms with Gasteiger partial charge >= 0.3 is 0 Å². The minimum atomic E-state index is 0.126. The van der Waals surface area contributed by atoms with Crippen LogP contribution in [0.5, 0.6) is 0 Å². The highest BCUT2D eigenvalue weighted by Gasteiger charge is 2.18. The summed E-state index contributed by atoms with van der Waals surface area (Å²) in [5.74, 6) is 0. The highest BCUT2D eigenvalue weighted by molar-refractivity contribution is 7.71. The Morgan fingerprint density at radius 3 is 2.67 bits per heavy atom. The molecule has 0 aliphatic rings. The van der Waals surface area contributed by atoms with Crippen molar-refractivity contribution in [3.63, 3.8) is 0 Å². The van der Waals surface area contributed by atoms with Crippen LogP contribution < -0.4 is 0 Å². The largest absolute Gasteiger partial charge is 0.385 e. The van der Waals surface area contributed by atoms with Crippen LogP contribution in [0.15, 0.2) is 6.20 Å². The molecule has 4 heteroatoms. The zero-order chi connectivity index (χ0) is 11.5. The smallest absolute Gasteiger partial charge is 0.177 e. The number of aromatic amines is 1. The summed E-state index contributed by atoms with van der Waals surface area (Å²) in [6, 6.07) is 0. The highest BCUT2D eigenvalue weighted by Crippen LogP contribution is 2.22. The number of hydrogen-bond donors (Lipinski definition) is 1. The number of nitrogens with one attached hydrogen (secondary N) is 1. The molecule has 0 aliphatic heterocycles. The van der Waals surface area contributed by atoms with Gasteiger partial charge in [0.25, 0.3) is 0 Å².